The zero-order valence-electron chi connectivity index (χ0n) is 27.4. The van der Waals surface area contributed by atoms with E-state index in [0.717, 1.165) is 37.3 Å². The summed E-state index contributed by atoms with van der Waals surface area (Å²) in [6.07, 6.45) is -6.70. The summed E-state index contributed by atoms with van der Waals surface area (Å²) in [5, 5.41) is 3.64. The van der Waals surface area contributed by atoms with Crippen LogP contribution in [0.4, 0.5) is 32.0 Å². The van der Waals surface area contributed by atoms with Crippen LogP contribution in [0.1, 0.15) is 59.2 Å². The fraction of sp³-hybridized carbons (Fsp3) is 0.444. The molecular formula is C36H37Cl3F6N4O2. The van der Waals surface area contributed by atoms with Crippen LogP contribution in [0.25, 0.3) is 0 Å². The minimum Gasteiger partial charge on any atom is -0.339 e. The number of hydrogen-bond donors (Lipinski definition) is 1. The van der Waals surface area contributed by atoms with Crippen LogP contribution in [-0.4, -0.2) is 66.0 Å². The first-order valence-electron chi connectivity index (χ1n) is 16.5. The van der Waals surface area contributed by atoms with Crippen molar-refractivity contribution < 1.29 is 35.9 Å². The van der Waals surface area contributed by atoms with E-state index >= 15 is 0 Å². The molecule has 0 radical (unpaired) electrons. The maximum Gasteiger partial charge on any atom is 0.416 e. The van der Waals surface area contributed by atoms with Crippen molar-refractivity contribution in [3.63, 3.8) is 0 Å². The summed E-state index contributed by atoms with van der Waals surface area (Å²) >= 11 is 12.4. The Bertz CT molecular complexity index is 1680. The van der Waals surface area contributed by atoms with Crippen molar-refractivity contribution in [3.05, 3.63) is 99.0 Å². The molecule has 1 N–H and O–H groups in total. The van der Waals surface area contributed by atoms with Crippen LogP contribution in [0.5, 0.6) is 0 Å². The van der Waals surface area contributed by atoms with Gasteiger partial charge >= 0.3 is 12.4 Å². The highest BCUT2D eigenvalue weighted by Crippen LogP contribution is 2.39. The van der Waals surface area contributed by atoms with Crippen molar-refractivity contribution in [2.75, 3.05) is 37.7 Å². The van der Waals surface area contributed by atoms with E-state index in [1.54, 1.807) is 18.2 Å². The number of rotatable bonds is 7. The van der Waals surface area contributed by atoms with Crippen molar-refractivity contribution in [1.29, 1.82) is 0 Å². The van der Waals surface area contributed by atoms with Gasteiger partial charge < -0.3 is 20.0 Å². The molecule has 51 heavy (non-hydrogen) atoms. The number of carbonyl (C=O) groups excluding carboxylic acids is 2. The van der Waals surface area contributed by atoms with Crippen LogP contribution in [0.15, 0.2) is 66.7 Å². The topological polar surface area (TPSA) is 55.9 Å². The van der Waals surface area contributed by atoms with Gasteiger partial charge in [0.25, 0.3) is 5.91 Å². The Morgan fingerprint density at radius 1 is 0.863 bits per heavy atom. The van der Waals surface area contributed by atoms with Crippen LogP contribution in [0.3, 0.4) is 0 Å². The molecule has 3 aromatic rings. The third-order valence-electron chi connectivity index (χ3n) is 10.3. The maximum atomic E-state index is 13.8. The fourth-order valence-corrected chi connectivity index (χ4v) is 7.91. The Morgan fingerprint density at radius 2 is 1.51 bits per heavy atom. The Balaban J connectivity index is 0.00000504. The van der Waals surface area contributed by atoms with Crippen molar-refractivity contribution in [2.24, 2.45) is 5.92 Å². The van der Waals surface area contributed by atoms with Gasteiger partial charge in [0.15, 0.2) is 0 Å². The number of amides is 2. The maximum absolute atomic E-state index is 13.8. The van der Waals surface area contributed by atoms with Crippen LogP contribution in [0.2, 0.25) is 10.0 Å². The quantitative estimate of drug-likeness (QED) is 0.244. The molecule has 2 atom stereocenters. The first-order chi connectivity index (χ1) is 23.6. The number of anilines is 1. The molecule has 0 saturated carbocycles. The SMILES string of the molecule is Cl.O=C(c1cc(C(F)(F)F)cc(C(F)(F)F)c1)N1CCC(CCN2CCC3(CC2)C(=O)NCN3c2ccccc2)CC1Cc1ccc(Cl)c(Cl)c1. The Kier molecular flexibility index (Phi) is 11.8. The van der Waals surface area contributed by atoms with Gasteiger partial charge in [0.1, 0.15) is 5.54 Å². The highest BCUT2D eigenvalue weighted by molar-refractivity contribution is 6.42. The molecule has 3 aromatic carbocycles. The van der Waals surface area contributed by atoms with Crippen molar-refractivity contribution in [3.8, 4) is 0 Å². The molecule has 2 unspecified atom stereocenters. The van der Waals surface area contributed by atoms with E-state index in [9.17, 15) is 35.9 Å². The monoisotopic (exact) mass is 776 g/mol. The minimum atomic E-state index is -5.07. The van der Waals surface area contributed by atoms with E-state index in [1.165, 1.54) is 4.90 Å². The number of halogens is 9. The molecule has 0 aromatic heterocycles. The third kappa shape index (κ3) is 8.56. The second kappa shape index (κ2) is 15.4. The number of nitrogens with one attached hydrogen (secondary N) is 1. The molecule has 3 aliphatic rings. The van der Waals surface area contributed by atoms with E-state index in [2.05, 4.69) is 15.1 Å². The summed E-state index contributed by atoms with van der Waals surface area (Å²) in [4.78, 5) is 32.7. The Morgan fingerprint density at radius 3 is 2.12 bits per heavy atom. The predicted octanol–water partition coefficient (Wildman–Crippen LogP) is 8.73. The van der Waals surface area contributed by atoms with E-state index in [0.29, 0.717) is 61.0 Å². The van der Waals surface area contributed by atoms with Crippen molar-refractivity contribution in [1.82, 2.24) is 15.1 Å². The molecule has 0 bridgehead atoms. The number of piperidine rings is 2. The smallest absolute Gasteiger partial charge is 0.339 e. The number of alkyl halides is 6. The number of nitrogens with zero attached hydrogens (tertiary/aromatic N) is 3. The van der Waals surface area contributed by atoms with Gasteiger partial charge in [-0.05, 0) is 99.0 Å². The van der Waals surface area contributed by atoms with E-state index in [4.69, 9.17) is 23.2 Å². The third-order valence-corrected chi connectivity index (χ3v) is 11.1. The Labute approximate surface area is 308 Å². The van der Waals surface area contributed by atoms with Crippen LogP contribution < -0.4 is 10.2 Å². The molecule has 3 fully saturated rings. The van der Waals surface area contributed by atoms with Crippen LogP contribution in [0, 0.1) is 5.92 Å². The van der Waals surface area contributed by atoms with Gasteiger partial charge in [-0.3, -0.25) is 9.59 Å². The number of benzene rings is 3. The van der Waals surface area contributed by atoms with Gasteiger partial charge in [0.05, 0.1) is 27.8 Å². The van der Waals surface area contributed by atoms with Crippen LogP contribution >= 0.6 is 35.6 Å². The zero-order chi connectivity index (χ0) is 35.8. The van der Waals surface area contributed by atoms with Gasteiger partial charge in [-0.15, -0.1) is 12.4 Å². The number of para-hydroxylation sites is 1. The van der Waals surface area contributed by atoms with Crippen molar-refractivity contribution >= 4 is 53.1 Å². The van der Waals surface area contributed by atoms with Gasteiger partial charge in [-0.2, -0.15) is 26.3 Å². The summed E-state index contributed by atoms with van der Waals surface area (Å²) in [6.45, 7) is 2.82. The van der Waals surface area contributed by atoms with Gasteiger partial charge in [-0.1, -0.05) is 47.5 Å². The van der Waals surface area contributed by atoms with Crippen molar-refractivity contribution in [2.45, 2.75) is 62.5 Å². The van der Waals surface area contributed by atoms with E-state index < -0.39 is 46.5 Å². The molecular weight excluding hydrogens is 741 g/mol. The average Bonchev–Trinajstić information content (AvgIpc) is 3.39. The number of hydrogen-bond acceptors (Lipinski definition) is 4. The molecule has 2 amide bonds. The molecule has 1 spiro atoms. The lowest BCUT2D eigenvalue weighted by Gasteiger charge is -2.44. The van der Waals surface area contributed by atoms with Gasteiger partial charge in [0, 0.05) is 36.9 Å². The first-order valence-corrected chi connectivity index (χ1v) is 17.3. The summed E-state index contributed by atoms with van der Waals surface area (Å²) in [5.41, 5.74) is -2.60. The summed E-state index contributed by atoms with van der Waals surface area (Å²) in [6, 6.07) is 15.4. The summed E-state index contributed by atoms with van der Waals surface area (Å²) in [7, 11) is 0. The standard InChI is InChI=1S/C36H36Cl2F6N4O2.ClH/c37-30-7-6-24(18-31(30)38)17-29-16-23(9-13-47(29)32(49)25-19-26(35(39,40)41)21-27(20-25)36(42,43)44)8-12-46-14-10-34(11-15-46)33(50)45-22-48(34)28-4-2-1-3-5-28;/h1-7,18-21,23,29H,8-17,22H2,(H,45,50);1H. The second-order valence-corrected chi connectivity index (χ2v) is 14.2. The largest absolute Gasteiger partial charge is 0.416 e. The average molecular weight is 778 g/mol. The lowest BCUT2D eigenvalue weighted by molar-refractivity contribution is -0.143. The van der Waals surface area contributed by atoms with Crippen LogP contribution in [-0.2, 0) is 23.6 Å². The van der Waals surface area contributed by atoms with Gasteiger partial charge in [0.2, 0.25) is 5.91 Å². The molecule has 3 heterocycles. The Hall–Kier alpha value is -3.19. The number of carbonyl (C=O) groups is 2. The molecule has 0 aliphatic carbocycles. The van der Waals surface area contributed by atoms with E-state index in [-0.39, 0.29) is 36.8 Å². The highest BCUT2D eigenvalue weighted by Gasteiger charge is 2.50. The normalized spacial score (nSPS) is 21.1. The van der Waals surface area contributed by atoms with E-state index in [1.807, 2.05) is 30.3 Å². The summed E-state index contributed by atoms with van der Waals surface area (Å²) in [5.74, 6) is -0.707. The zero-order valence-corrected chi connectivity index (χ0v) is 29.7. The summed E-state index contributed by atoms with van der Waals surface area (Å²) < 4.78 is 81.8. The predicted molar refractivity (Wildman–Crippen MR) is 186 cm³/mol. The molecule has 3 aliphatic heterocycles. The molecule has 6 rings (SSSR count). The molecule has 6 nitrogen and oxygen atoms in total. The highest BCUT2D eigenvalue weighted by atomic mass is 35.5. The second-order valence-electron chi connectivity index (χ2n) is 13.4. The minimum absolute atomic E-state index is 0. The molecule has 3 saturated heterocycles. The lowest BCUT2D eigenvalue weighted by atomic mass is 9.83. The molecule has 15 heteroatoms. The molecule has 276 valence electrons. The van der Waals surface area contributed by atoms with Gasteiger partial charge in [-0.25, -0.2) is 0 Å². The fourth-order valence-electron chi connectivity index (χ4n) is 7.58. The lowest BCUT2D eigenvalue weighted by Crippen LogP contribution is -2.56. The number of likely N-dealkylation sites (tertiary alicyclic amines) is 2. The first kappa shape index (κ1) is 39.0.